The summed E-state index contributed by atoms with van der Waals surface area (Å²) in [7, 11) is 2.03. The zero-order valence-electron chi connectivity index (χ0n) is 11.6. The lowest BCUT2D eigenvalue weighted by Crippen LogP contribution is -2.21. The molecular formula is C16H18N2OS. The molecule has 1 N–H and O–H groups in total. The molecule has 2 heterocycles. The maximum atomic E-state index is 6.07. The van der Waals surface area contributed by atoms with E-state index >= 15 is 0 Å². The zero-order chi connectivity index (χ0) is 13.5. The number of thiazole rings is 1. The Morgan fingerprint density at radius 2 is 2.25 bits per heavy atom. The smallest absolute Gasteiger partial charge is 0.154 e. The van der Waals surface area contributed by atoms with E-state index in [9.17, 15) is 0 Å². The van der Waals surface area contributed by atoms with Gasteiger partial charge in [0.2, 0.25) is 0 Å². The van der Waals surface area contributed by atoms with Crippen LogP contribution in [0.5, 0.6) is 5.75 Å². The van der Waals surface area contributed by atoms with E-state index in [-0.39, 0.29) is 6.10 Å². The number of rotatable bonds is 2. The van der Waals surface area contributed by atoms with E-state index in [1.807, 2.05) is 24.5 Å². The van der Waals surface area contributed by atoms with Crippen molar-refractivity contribution in [2.75, 3.05) is 7.05 Å². The number of hydrogen-bond acceptors (Lipinski definition) is 4. The van der Waals surface area contributed by atoms with Crippen molar-refractivity contribution in [1.29, 1.82) is 0 Å². The van der Waals surface area contributed by atoms with Crippen LogP contribution in [-0.4, -0.2) is 12.0 Å². The Bertz CT molecular complexity index is 612. The van der Waals surface area contributed by atoms with E-state index in [0.717, 1.165) is 17.2 Å². The molecule has 3 nitrogen and oxygen atoms in total. The Kier molecular flexibility index (Phi) is 3.00. The molecule has 104 valence electrons. The number of nitrogens with one attached hydrogen (secondary N) is 1. The SMILES string of the molecule is CNC1CCCc2sc(C3Cc4ccccc4O3)nc21. The van der Waals surface area contributed by atoms with Crippen LogP contribution in [0.4, 0.5) is 0 Å². The Hall–Kier alpha value is -1.39. The third kappa shape index (κ3) is 1.95. The monoisotopic (exact) mass is 286 g/mol. The molecule has 0 fully saturated rings. The summed E-state index contributed by atoms with van der Waals surface area (Å²) in [6.45, 7) is 0. The standard InChI is InChI=1S/C16H18N2OS/c1-17-11-6-4-8-14-15(11)18-16(20-14)13-9-10-5-2-3-7-12(10)19-13/h2-3,5,7,11,13,17H,4,6,8-9H2,1H3. The van der Waals surface area contributed by atoms with Crippen molar-refractivity contribution in [2.24, 2.45) is 0 Å². The van der Waals surface area contributed by atoms with Crippen molar-refractivity contribution in [2.45, 2.75) is 37.8 Å². The molecular weight excluding hydrogens is 268 g/mol. The van der Waals surface area contributed by atoms with E-state index in [2.05, 4.69) is 23.5 Å². The molecule has 2 aromatic rings. The molecule has 0 radical (unpaired) electrons. The molecule has 1 aromatic heterocycles. The average molecular weight is 286 g/mol. The molecule has 4 rings (SSSR count). The molecule has 0 saturated carbocycles. The average Bonchev–Trinajstić information content (AvgIpc) is 3.09. The summed E-state index contributed by atoms with van der Waals surface area (Å²) < 4.78 is 6.07. The number of aromatic nitrogens is 1. The molecule has 2 unspecified atom stereocenters. The predicted octanol–water partition coefficient (Wildman–Crippen LogP) is 3.42. The van der Waals surface area contributed by atoms with Crippen LogP contribution in [0.15, 0.2) is 24.3 Å². The molecule has 0 amide bonds. The van der Waals surface area contributed by atoms with Crippen LogP contribution in [0.2, 0.25) is 0 Å². The minimum absolute atomic E-state index is 0.112. The Morgan fingerprint density at radius 1 is 1.35 bits per heavy atom. The van der Waals surface area contributed by atoms with Crippen LogP contribution >= 0.6 is 11.3 Å². The van der Waals surface area contributed by atoms with Gasteiger partial charge in [-0.25, -0.2) is 4.98 Å². The first-order valence-corrected chi connectivity index (χ1v) is 8.08. The van der Waals surface area contributed by atoms with Gasteiger partial charge in [-0.2, -0.15) is 0 Å². The molecule has 2 atom stereocenters. The fourth-order valence-corrected chi connectivity index (χ4v) is 4.37. The summed E-state index contributed by atoms with van der Waals surface area (Å²) in [6.07, 6.45) is 4.68. The molecule has 1 aromatic carbocycles. The highest BCUT2D eigenvalue weighted by atomic mass is 32.1. The van der Waals surface area contributed by atoms with Gasteiger partial charge in [0.1, 0.15) is 10.8 Å². The topological polar surface area (TPSA) is 34.1 Å². The molecule has 1 aliphatic carbocycles. The first kappa shape index (κ1) is 12.4. The third-order valence-corrected chi connectivity index (χ3v) is 5.46. The van der Waals surface area contributed by atoms with E-state index in [0.29, 0.717) is 6.04 Å². The second-order valence-electron chi connectivity index (χ2n) is 5.51. The lowest BCUT2D eigenvalue weighted by atomic mass is 9.98. The maximum Gasteiger partial charge on any atom is 0.154 e. The second-order valence-corrected chi connectivity index (χ2v) is 6.63. The summed E-state index contributed by atoms with van der Waals surface area (Å²) in [5, 5.41) is 4.53. The third-order valence-electron chi connectivity index (χ3n) is 4.24. The summed E-state index contributed by atoms with van der Waals surface area (Å²) in [5.41, 5.74) is 2.56. The van der Waals surface area contributed by atoms with Crippen molar-refractivity contribution in [3.05, 3.63) is 45.4 Å². The van der Waals surface area contributed by atoms with E-state index in [4.69, 9.17) is 9.72 Å². The van der Waals surface area contributed by atoms with E-state index in [1.54, 1.807) is 0 Å². The van der Waals surface area contributed by atoms with Crippen LogP contribution in [0.3, 0.4) is 0 Å². The van der Waals surface area contributed by atoms with Gasteiger partial charge in [-0.05, 0) is 37.9 Å². The van der Waals surface area contributed by atoms with Crippen molar-refractivity contribution in [3.8, 4) is 5.75 Å². The van der Waals surface area contributed by atoms with Gasteiger partial charge in [0.25, 0.3) is 0 Å². The molecule has 0 saturated heterocycles. The number of para-hydroxylation sites is 1. The van der Waals surface area contributed by atoms with Gasteiger partial charge < -0.3 is 10.1 Å². The number of nitrogens with zero attached hydrogens (tertiary/aromatic N) is 1. The van der Waals surface area contributed by atoms with Gasteiger partial charge in [-0.15, -0.1) is 11.3 Å². The minimum Gasteiger partial charge on any atom is -0.483 e. The van der Waals surface area contributed by atoms with Crippen molar-refractivity contribution in [1.82, 2.24) is 10.3 Å². The Balaban J connectivity index is 1.64. The van der Waals surface area contributed by atoms with Crippen molar-refractivity contribution < 1.29 is 4.74 Å². The minimum atomic E-state index is 0.112. The summed E-state index contributed by atoms with van der Waals surface area (Å²) in [5.74, 6) is 1.02. The van der Waals surface area contributed by atoms with Crippen LogP contribution < -0.4 is 10.1 Å². The first-order valence-electron chi connectivity index (χ1n) is 7.26. The Labute approximate surface area is 123 Å². The zero-order valence-corrected chi connectivity index (χ0v) is 12.4. The van der Waals surface area contributed by atoms with Gasteiger partial charge in [-0.3, -0.25) is 0 Å². The summed E-state index contributed by atoms with van der Waals surface area (Å²) in [4.78, 5) is 6.35. The molecule has 2 aliphatic rings. The highest BCUT2D eigenvalue weighted by molar-refractivity contribution is 7.11. The van der Waals surface area contributed by atoms with E-state index in [1.165, 1.54) is 35.4 Å². The summed E-state index contributed by atoms with van der Waals surface area (Å²) >= 11 is 1.85. The number of aryl methyl sites for hydroxylation is 1. The van der Waals surface area contributed by atoms with Crippen LogP contribution in [0.1, 0.15) is 46.1 Å². The summed E-state index contributed by atoms with van der Waals surface area (Å²) in [6, 6.07) is 8.74. The molecule has 0 spiro atoms. The van der Waals surface area contributed by atoms with Crippen LogP contribution in [-0.2, 0) is 12.8 Å². The lowest BCUT2D eigenvalue weighted by Gasteiger charge is -2.19. The van der Waals surface area contributed by atoms with Gasteiger partial charge in [0.05, 0.1) is 11.7 Å². The number of hydrogen-bond donors (Lipinski definition) is 1. The predicted molar refractivity (Wildman–Crippen MR) is 80.4 cm³/mol. The highest BCUT2D eigenvalue weighted by Crippen LogP contribution is 2.41. The van der Waals surface area contributed by atoms with Crippen LogP contribution in [0.25, 0.3) is 0 Å². The first-order chi connectivity index (χ1) is 9.85. The van der Waals surface area contributed by atoms with Gasteiger partial charge in [-0.1, -0.05) is 18.2 Å². The quantitative estimate of drug-likeness (QED) is 0.918. The maximum absolute atomic E-state index is 6.07. The molecule has 0 bridgehead atoms. The number of ether oxygens (including phenoxy) is 1. The molecule has 4 heteroatoms. The normalized spacial score (nSPS) is 24.1. The Morgan fingerprint density at radius 3 is 3.10 bits per heavy atom. The number of benzene rings is 1. The second kappa shape index (κ2) is 4.86. The van der Waals surface area contributed by atoms with E-state index < -0.39 is 0 Å². The van der Waals surface area contributed by atoms with Crippen molar-refractivity contribution >= 4 is 11.3 Å². The van der Waals surface area contributed by atoms with Crippen LogP contribution in [0, 0.1) is 0 Å². The highest BCUT2D eigenvalue weighted by Gasteiger charge is 2.30. The van der Waals surface area contributed by atoms with Gasteiger partial charge in [0, 0.05) is 11.3 Å². The fourth-order valence-electron chi connectivity index (χ4n) is 3.18. The van der Waals surface area contributed by atoms with Gasteiger partial charge >= 0.3 is 0 Å². The molecule has 20 heavy (non-hydrogen) atoms. The lowest BCUT2D eigenvalue weighted by molar-refractivity contribution is 0.237. The fraction of sp³-hybridized carbons (Fsp3) is 0.438. The molecule has 1 aliphatic heterocycles. The largest absolute Gasteiger partial charge is 0.483 e. The van der Waals surface area contributed by atoms with Crippen molar-refractivity contribution in [3.63, 3.8) is 0 Å². The number of fused-ring (bicyclic) bond motifs is 2. The van der Waals surface area contributed by atoms with Gasteiger partial charge in [0.15, 0.2) is 6.10 Å².